The zero-order valence-electron chi connectivity index (χ0n) is 15.0. The lowest BCUT2D eigenvalue weighted by Crippen LogP contribution is -2.43. The molecule has 2 atom stereocenters. The van der Waals surface area contributed by atoms with Crippen LogP contribution < -0.4 is 5.73 Å². The van der Waals surface area contributed by atoms with E-state index in [0.29, 0.717) is 0 Å². The Balaban J connectivity index is 1.75. The van der Waals surface area contributed by atoms with Gasteiger partial charge in [0, 0.05) is 17.3 Å². The van der Waals surface area contributed by atoms with Gasteiger partial charge in [0.25, 0.3) is 0 Å². The fourth-order valence-electron chi connectivity index (χ4n) is 3.12. The number of aliphatic carboxylic acids is 1. The van der Waals surface area contributed by atoms with Crippen molar-refractivity contribution >= 4 is 34.4 Å². The Morgan fingerprint density at radius 2 is 1.96 bits per heavy atom. The van der Waals surface area contributed by atoms with Crippen molar-refractivity contribution in [3.05, 3.63) is 65.4 Å². The highest BCUT2D eigenvalue weighted by Crippen LogP contribution is 2.25. The molecule has 146 valence electrons. The van der Waals surface area contributed by atoms with Gasteiger partial charge in [0.2, 0.25) is 0 Å². The number of carbonyl (C=O) groups is 2. The van der Waals surface area contributed by atoms with E-state index in [1.165, 1.54) is 0 Å². The van der Waals surface area contributed by atoms with Gasteiger partial charge in [-0.05, 0) is 29.2 Å². The molecule has 0 aliphatic heterocycles. The first-order valence-corrected chi connectivity index (χ1v) is 9.23. The lowest BCUT2D eigenvalue weighted by molar-refractivity contribution is -0.160. The molecule has 0 radical (unpaired) electrons. The first-order chi connectivity index (χ1) is 13.5. The molecule has 1 heterocycles. The van der Waals surface area contributed by atoms with Crippen molar-refractivity contribution in [2.24, 2.45) is 11.7 Å². The van der Waals surface area contributed by atoms with Crippen LogP contribution in [-0.4, -0.2) is 33.3 Å². The number of esters is 1. The zero-order chi connectivity index (χ0) is 20.1. The molecule has 0 amide bonds. The third-order valence-corrected chi connectivity index (χ3v) is 4.86. The largest absolute Gasteiger partial charge is 0.481 e. The summed E-state index contributed by atoms with van der Waals surface area (Å²) in [5, 5.41) is 17.2. The number of carbonyl (C=O) groups excluding carboxylic acids is 1. The highest BCUT2D eigenvalue weighted by atomic mass is 35.5. The van der Waals surface area contributed by atoms with E-state index in [-0.39, 0.29) is 18.9 Å². The molecule has 0 aliphatic carbocycles. The average Bonchev–Trinajstić information content (AvgIpc) is 3.15. The molecule has 7 nitrogen and oxygen atoms in total. The number of aromatic amines is 1. The molecule has 8 heteroatoms. The molecule has 0 bridgehead atoms. The SMILES string of the molecule is NC(Cc1ccc2[nH]ncc2c1CCl)C(C(=O)O)C(=O)OCc1ccccc1. The van der Waals surface area contributed by atoms with Gasteiger partial charge in [0.15, 0.2) is 5.92 Å². The van der Waals surface area contributed by atoms with E-state index in [2.05, 4.69) is 10.2 Å². The number of H-pyrrole nitrogens is 1. The minimum Gasteiger partial charge on any atom is -0.481 e. The van der Waals surface area contributed by atoms with Crippen LogP contribution in [0.25, 0.3) is 10.9 Å². The van der Waals surface area contributed by atoms with Crippen molar-refractivity contribution in [1.29, 1.82) is 0 Å². The second kappa shape index (κ2) is 8.86. The molecule has 0 spiro atoms. The Bertz CT molecular complexity index is 974. The molecule has 2 aromatic carbocycles. The summed E-state index contributed by atoms with van der Waals surface area (Å²) in [7, 11) is 0. The number of benzene rings is 2. The number of hydrogen-bond acceptors (Lipinski definition) is 5. The monoisotopic (exact) mass is 401 g/mol. The van der Waals surface area contributed by atoms with Gasteiger partial charge in [0.05, 0.1) is 11.7 Å². The van der Waals surface area contributed by atoms with Crippen LogP contribution in [-0.2, 0) is 33.2 Å². The number of rotatable bonds is 8. The number of alkyl halides is 1. The van der Waals surface area contributed by atoms with Gasteiger partial charge in [0.1, 0.15) is 6.61 Å². The van der Waals surface area contributed by atoms with Crippen LogP contribution in [0.5, 0.6) is 0 Å². The smallest absolute Gasteiger partial charge is 0.322 e. The fourth-order valence-corrected chi connectivity index (χ4v) is 3.43. The van der Waals surface area contributed by atoms with E-state index in [1.807, 2.05) is 30.3 Å². The molecular formula is C20H20ClN3O4. The van der Waals surface area contributed by atoms with Gasteiger partial charge in [-0.1, -0.05) is 36.4 Å². The molecule has 0 saturated carbocycles. The predicted molar refractivity (Wildman–Crippen MR) is 105 cm³/mol. The van der Waals surface area contributed by atoms with E-state index < -0.39 is 23.9 Å². The Kier molecular flexibility index (Phi) is 6.28. The quantitative estimate of drug-likeness (QED) is 0.303. The minimum absolute atomic E-state index is 0.00984. The van der Waals surface area contributed by atoms with Crippen LogP contribution in [0.4, 0.5) is 0 Å². The summed E-state index contributed by atoms with van der Waals surface area (Å²) in [4.78, 5) is 24.1. The first-order valence-electron chi connectivity index (χ1n) is 8.70. The van der Waals surface area contributed by atoms with E-state index in [0.717, 1.165) is 27.6 Å². The predicted octanol–water partition coefficient (Wildman–Crippen LogP) is 2.62. The van der Waals surface area contributed by atoms with Crippen molar-refractivity contribution in [3.8, 4) is 0 Å². The number of aromatic nitrogens is 2. The van der Waals surface area contributed by atoms with Crippen molar-refractivity contribution in [1.82, 2.24) is 10.2 Å². The van der Waals surface area contributed by atoms with E-state index in [4.69, 9.17) is 22.1 Å². The number of carboxylic acid groups (broad SMARTS) is 1. The summed E-state index contributed by atoms with van der Waals surface area (Å²) in [5.41, 5.74) is 9.29. The van der Waals surface area contributed by atoms with Crippen molar-refractivity contribution in [2.75, 3.05) is 0 Å². The molecule has 2 unspecified atom stereocenters. The molecule has 3 aromatic rings. The molecule has 0 fully saturated rings. The van der Waals surface area contributed by atoms with Gasteiger partial charge in [-0.3, -0.25) is 14.7 Å². The topological polar surface area (TPSA) is 118 Å². The maximum absolute atomic E-state index is 12.4. The molecule has 0 saturated heterocycles. The summed E-state index contributed by atoms with van der Waals surface area (Å²) in [5.74, 6) is -3.44. The molecule has 0 aliphatic rings. The molecule has 3 rings (SSSR count). The van der Waals surface area contributed by atoms with Gasteiger partial charge >= 0.3 is 11.9 Å². The Morgan fingerprint density at radius 3 is 2.64 bits per heavy atom. The van der Waals surface area contributed by atoms with Gasteiger partial charge in [-0.25, -0.2) is 0 Å². The molecule has 4 N–H and O–H groups in total. The van der Waals surface area contributed by atoms with Crippen LogP contribution >= 0.6 is 11.6 Å². The van der Waals surface area contributed by atoms with E-state index in [9.17, 15) is 14.7 Å². The van der Waals surface area contributed by atoms with Gasteiger partial charge < -0.3 is 15.6 Å². The van der Waals surface area contributed by atoms with Gasteiger partial charge in [-0.2, -0.15) is 5.10 Å². The highest BCUT2D eigenvalue weighted by Gasteiger charge is 2.34. The van der Waals surface area contributed by atoms with E-state index >= 15 is 0 Å². The average molecular weight is 402 g/mol. The number of ether oxygens (including phenoxy) is 1. The number of hydrogen-bond donors (Lipinski definition) is 3. The Labute approximate surface area is 166 Å². The normalized spacial score (nSPS) is 13.2. The van der Waals surface area contributed by atoms with Crippen molar-refractivity contribution in [3.63, 3.8) is 0 Å². The van der Waals surface area contributed by atoms with Crippen LogP contribution in [0, 0.1) is 5.92 Å². The van der Waals surface area contributed by atoms with Crippen molar-refractivity contribution < 1.29 is 19.4 Å². The van der Waals surface area contributed by atoms with Gasteiger partial charge in [-0.15, -0.1) is 11.6 Å². The summed E-state index contributed by atoms with van der Waals surface area (Å²) in [6, 6.07) is 11.7. The molecular weight excluding hydrogens is 382 g/mol. The summed E-state index contributed by atoms with van der Waals surface area (Å²) < 4.78 is 5.18. The summed E-state index contributed by atoms with van der Waals surface area (Å²) in [6.45, 7) is -0.00984. The first kappa shape index (κ1) is 19.9. The number of carboxylic acids is 1. The highest BCUT2D eigenvalue weighted by molar-refractivity contribution is 6.18. The molecule has 1 aromatic heterocycles. The number of fused-ring (bicyclic) bond motifs is 1. The number of nitrogens with two attached hydrogens (primary N) is 1. The minimum atomic E-state index is -1.48. The Morgan fingerprint density at radius 1 is 1.21 bits per heavy atom. The molecule has 28 heavy (non-hydrogen) atoms. The number of nitrogens with zero attached hydrogens (tertiary/aromatic N) is 1. The van der Waals surface area contributed by atoms with Crippen LogP contribution in [0.3, 0.4) is 0 Å². The third-order valence-electron chi connectivity index (χ3n) is 4.59. The van der Waals surface area contributed by atoms with Crippen molar-refractivity contribution in [2.45, 2.75) is 24.9 Å². The zero-order valence-corrected chi connectivity index (χ0v) is 15.7. The van der Waals surface area contributed by atoms with E-state index in [1.54, 1.807) is 18.3 Å². The van der Waals surface area contributed by atoms with Crippen LogP contribution in [0.2, 0.25) is 0 Å². The second-order valence-corrected chi connectivity index (χ2v) is 6.71. The van der Waals surface area contributed by atoms with Crippen LogP contribution in [0.1, 0.15) is 16.7 Å². The fraction of sp³-hybridized carbons (Fsp3) is 0.250. The lowest BCUT2D eigenvalue weighted by Gasteiger charge is -2.20. The number of nitrogens with one attached hydrogen (secondary N) is 1. The second-order valence-electron chi connectivity index (χ2n) is 6.45. The lowest BCUT2D eigenvalue weighted by atomic mass is 9.91. The standard InChI is InChI=1S/C20H20ClN3O4/c21-9-14-13(6-7-17-15(14)10-23-24-17)8-16(22)18(19(25)26)20(27)28-11-12-4-2-1-3-5-12/h1-7,10,16,18H,8-9,11,22H2,(H,23,24)(H,25,26). The maximum Gasteiger partial charge on any atom is 0.322 e. The third kappa shape index (κ3) is 4.32. The maximum atomic E-state index is 12.4. The summed E-state index contributed by atoms with van der Waals surface area (Å²) in [6.07, 6.45) is 1.82. The number of halogens is 1. The van der Waals surface area contributed by atoms with Crippen LogP contribution in [0.15, 0.2) is 48.7 Å². The Hall–Kier alpha value is -2.90. The summed E-state index contributed by atoms with van der Waals surface area (Å²) >= 11 is 6.08.